The molecule has 2 heterocycles. The lowest BCUT2D eigenvalue weighted by Gasteiger charge is -2.06. The first kappa shape index (κ1) is 20.7. The van der Waals surface area contributed by atoms with Crippen molar-refractivity contribution in [2.45, 2.75) is 20.3 Å². The molecule has 0 atom stereocenters. The number of hydrogen-bond donors (Lipinski definition) is 1. The SMILES string of the molecule is Cc1ccc(-c2cn3c(n2)sc2cc(C(=O)NCCc4ccc(Cl)cc4)ccc23)c(C)c1. The van der Waals surface area contributed by atoms with E-state index in [9.17, 15) is 4.79 Å². The summed E-state index contributed by atoms with van der Waals surface area (Å²) >= 11 is 7.52. The minimum absolute atomic E-state index is 0.0668. The lowest BCUT2D eigenvalue weighted by molar-refractivity contribution is 0.0954. The average molecular weight is 460 g/mol. The van der Waals surface area contributed by atoms with Crippen molar-refractivity contribution >= 4 is 44.0 Å². The van der Waals surface area contributed by atoms with E-state index in [2.05, 4.69) is 48.0 Å². The van der Waals surface area contributed by atoms with Crippen LogP contribution in [0.1, 0.15) is 27.0 Å². The van der Waals surface area contributed by atoms with E-state index in [0.717, 1.165) is 43.4 Å². The normalized spacial score (nSPS) is 11.3. The fourth-order valence-electron chi connectivity index (χ4n) is 3.95. The second-order valence-electron chi connectivity index (χ2n) is 8.01. The van der Waals surface area contributed by atoms with Gasteiger partial charge in [-0.05, 0) is 61.7 Å². The molecule has 2 aromatic heterocycles. The zero-order valence-corrected chi connectivity index (χ0v) is 19.4. The number of benzene rings is 3. The smallest absolute Gasteiger partial charge is 0.251 e. The predicted octanol–water partition coefficient (Wildman–Crippen LogP) is 6.46. The number of amides is 1. The van der Waals surface area contributed by atoms with Gasteiger partial charge in [0.1, 0.15) is 0 Å². The van der Waals surface area contributed by atoms with Crippen molar-refractivity contribution in [3.05, 3.63) is 94.1 Å². The molecule has 0 aliphatic heterocycles. The summed E-state index contributed by atoms with van der Waals surface area (Å²) in [7, 11) is 0. The fourth-order valence-corrected chi connectivity index (χ4v) is 5.12. The van der Waals surface area contributed by atoms with Gasteiger partial charge in [-0.15, -0.1) is 0 Å². The maximum Gasteiger partial charge on any atom is 0.251 e. The third kappa shape index (κ3) is 4.01. The van der Waals surface area contributed by atoms with E-state index >= 15 is 0 Å². The van der Waals surface area contributed by atoms with Gasteiger partial charge in [-0.1, -0.05) is 58.8 Å². The van der Waals surface area contributed by atoms with Gasteiger partial charge in [0, 0.05) is 28.9 Å². The lowest BCUT2D eigenvalue weighted by atomic mass is 10.0. The number of aromatic nitrogens is 2. The second-order valence-corrected chi connectivity index (χ2v) is 9.46. The zero-order valence-electron chi connectivity index (χ0n) is 17.9. The van der Waals surface area contributed by atoms with Gasteiger partial charge in [0.25, 0.3) is 5.91 Å². The molecular formula is C26H22ClN3OS. The quantitative estimate of drug-likeness (QED) is 0.328. The Morgan fingerprint density at radius 1 is 1.06 bits per heavy atom. The minimum Gasteiger partial charge on any atom is -0.352 e. The highest BCUT2D eigenvalue weighted by molar-refractivity contribution is 7.23. The van der Waals surface area contributed by atoms with Crippen molar-refractivity contribution in [1.29, 1.82) is 0 Å². The molecule has 0 spiro atoms. The molecular weight excluding hydrogens is 438 g/mol. The summed E-state index contributed by atoms with van der Waals surface area (Å²) in [6.45, 7) is 4.79. The van der Waals surface area contributed by atoms with Crippen molar-refractivity contribution in [2.24, 2.45) is 0 Å². The van der Waals surface area contributed by atoms with Crippen LogP contribution in [0.25, 0.3) is 26.4 Å². The third-order valence-corrected chi connectivity index (χ3v) is 6.90. The first-order valence-corrected chi connectivity index (χ1v) is 11.7. The summed E-state index contributed by atoms with van der Waals surface area (Å²) in [5.41, 5.74) is 7.45. The molecule has 1 amide bonds. The monoisotopic (exact) mass is 459 g/mol. The van der Waals surface area contributed by atoms with E-state index in [4.69, 9.17) is 16.6 Å². The second kappa shape index (κ2) is 8.41. The lowest BCUT2D eigenvalue weighted by Crippen LogP contribution is -2.25. The summed E-state index contributed by atoms with van der Waals surface area (Å²) in [4.78, 5) is 18.4. The number of thiazole rings is 1. The van der Waals surface area contributed by atoms with Crippen LogP contribution in [0, 0.1) is 13.8 Å². The molecule has 0 aliphatic carbocycles. The molecule has 3 aromatic carbocycles. The molecule has 0 saturated heterocycles. The van der Waals surface area contributed by atoms with E-state index < -0.39 is 0 Å². The minimum atomic E-state index is -0.0668. The van der Waals surface area contributed by atoms with Crippen LogP contribution in [0.2, 0.25) is 5.02 Å². The summed E-state index contributed by atoms with van der Waals surface area (Å²) in [5, 5.41) is 3.72. The standard InChI is InChI=1S/C26H22ClN3OS/c1-16-3-9-21(17(2)13-16)22-15-30-23-10-6-19(14-24(23)32-26(30)29-22)25(31)28-12-11-18-4-7-20(27)8-5-18/h3-10,13-15H,11-12H2,1-2H3,(H,28,31). The number of imidazole rings is 1. The number of fused-ring (bicyclic) bond motifs is 3. The van der Waals surface area contributed by atoms with Gasteiger partial charge in [0.2, 0.25) is 0 Å². The number of carbonyl (C=O) groups is 1. The van der Waals surface area contributed by atoms with Crippen LogP contribution in [0.15, 0.2) is 66.9 Å². The highest BCUT2D eigenvalue weighted by atomic mass is 35.5. The largest absolute Gasteiger partial charge is 0.352 e. The Balaban J connectivity index is 1.34. The third-order valence-electron chi connectivity index (χ3n) is 5.63. The van der Waals surface area contributed by atoms with Gasteiger partial charge < -0.3 is 5.32 Å². The molecule has 0 aliphatic rings. The highest BCUT2D eigenvalue weighted by Crippen LogP contribution is 2.31. The van der Waals surface area contributed by atoms with Crippen molar-refractivity contribution in [3.8, 4) is 11.3 Å². The van der Waals surface area contributed by atoms with Crippen molar-refractivity contribution < 1.29 is 4.79 Å². The summed E-state index contributed by atoms with van der Waals surface area (Å²) in [6, 6.07) is 19.9. The van der Waals surface area contributed by atoms with Crippen LogP contribution in [0.4, 0.5) is 0 Å². The molecule has 5 aromatic rings. The average Bonchev–Trinajstić information content (AvgIpc) is 3.32. The summed E-state index contributed by atoms with van der Waals surface area (Å²) < 4.78 is 3.15. The van der Waals surface area contributed by atoms with Gasteiger partial charge in [-0.2, -0.15) is 0 Å². The number of halogens is 1. The molecule has 32 heavy (non-hydrogen) atoms. The van der Waals surface area contributed by atoms with Crippen molar-refractivity contribution in [1.82, 2.24) is 14.7 Å². The predicted molar refractivity (Wildman–Crippen MR) is 133 cm³/mol. The van der Waals surface area contributed by atoms with Crippen LogP contribution in [-0.2, 0) is 6.42 Å². The zero-order chi connectivity index (χ0) is 22.2. The molecule has 0 unspecified atom stereocenters. The molecule has 0 saturated carbocycles. The van der Waals surface area contributed by atoms with Gasteiger partial charge in [-0.3, -0.25) is 9.20 Å². The van der Waals surface area contributed by atoms with Crippen LogP contribution in [0.3, 0.4) is 0 Å². The fraction of sp³-hybridized carbons (Fsp3) is 0.154. The topological polar surface area (TPSA) is 46.4 Å². The van der Waals surface area contributed by atoms with Crippen molar-refractivity contribution in [2.75, 3.05) is 6.54 Å². The van der Waals surface area contributed by atoms with Crippen LogP contribution < -0.4 is 5.32 Å². The number of carbonyl (C=O) groups excluding carboxylic acids is 1. The maximum absolute atomic E-state index is 12.6. The molecule has 5 rings (SSSR count). The number of nitrogens with one attached hydrogen (secondary N) is 1. The Hall–Kier alpha value is -3.15. The Morgan fingerprint density at radius 3 is 2.66 bits per heavy atom. The van der Waals surface area contributed by atoms with E-state index in [1.54, 1.807) is 11.3 Å². The maximum atomic E-state index is 12.6. The van der Waals surface area contributed by atoms with E-state index in [-0.39, 0.29) is 5.91 Å². The Kier molecular flexibility index (Phi) is 5.45. The Morgan fingerprint density at radius 2 is 1.88 bits per heavy atom. The number of nitrogens with zero attached hydrogens (tertiary/aromatic N) is 2. The Bertz CT molecular complexity index is 1450. The summed E-state index contributed by atoms with van der Waals surface area (Å²) in [5.74, 6) is -0.0668. The van der Waals surface area contributed by atoms with Crippen molar-refractivity contribution in [3.63, 3.8) is 0 Å². The first-order chi connectivity index (χ1) is 15.5. The Labute approximate surface area is 195 Å². The van der Waals surface area contributed by atoms with Crippen LogP contribution in [0.5, 0.6) is 0 Å². The highest BCUT2D eigenvalue weighted by Gasteiger charge is 2.14. The van der Waals surface area contributed by atoms with Crippen LogP contribution >= 0.6 is 22.9 Å². The van der Waals surface area contributed by atoms with Gasteiger partial charge >= 0.3 is 0 Å². The summed E-state index contributed by atoms with van der Waals surface area (Å²) in [6.07, 6.45) is 2.84. The molecule has 6 heteroatoms. The van der Waals surface area contributed by atoms with E-state index in [0.29, 0.717) is 12.1 Å². The number of aryl methyl sites for hydroxylation is 2. The first-order valence-electron chi connectivity index (χ1n) is 10.5. The molecule has 4 nitrogen and oxygen atoms in total. The molecule has 0 fully saturated rings. The molecule has 160 valence electrons. The van der Waals surface area contributed by atoms with E-state index in [1.807, 2.05) is 42.5 Å². The van der Waals surface area contributed by atoms with Crippen LogP contribution in [-0.4, -0.2) is 21.8 Å². The molecule has 0 radical (unpaired) electrons. The molecule has 0 bridgehead atoms. The van der Waals surface area contributed by atoms with Gasteiger partial charge in [0.15, 0.2) is 4.96 Å². The number of rotatable bonds is 5. The number of hydrogen-bond acceptors (Lipinski definition) is 3. The van der Waals surface area contributed by atoms with Gasteiger partial charge in [0.05, 0.1) is 15.9 Å². The van der Waals surface area contributed by atoms with E-state index in [1.165, 1.54) is 11.1 Å². The van der Waals surface area contributed by atoms with Gasteiger partial charge in [-0.25, -0.2) is 4.98 Å². The molecule has 1 N–H and O–H groups in total.